The van der Waals surface area contributed by atoms with E-state index in [4.69, 9.17) is 88.0 Å². The summed E-state index contributed by atoms with van der Waals surface area (Å²) in [5.41, 5.74) is 17.0. The first-order valence-corrected chi connectivity index (χ1v) is 38.9. The van der Waals surface area contributed by atoms with Gasteiger partial charge in [0.1, 0.15) is 11.8 Å². The molecule has 0 saturated carbocycles. The van der Waals surface area contributed by atoms with Crippen LogP contribution in [0.4, 0.5) is 22.7 Å². The molecule has 2 aromatic carbocycles. The number of aryl methyl sites for hydroxylation is 6. The number of rotatable bonds is 8. The van der Waals surface area contributed by atoms with E-state index in [0.29, 0.717) is 215 Å². The van der Waals surface area contributed by atoms with E-state index < -0.39 is 26.9 Å². The van der Waals surface area contributed by atoms with Crippen LogP contribution < -0.4 is 123 Å². The summed E-state index contributed by atoms with van der Waals surface area (Å²) in [5, 5.41) is 9.49. The van der Waals surface area contributed by atoms with Gasteiger partial charge in [0.15, 0.2) is 46.0 Å². The van der Waals surface area contributed by atoms with Crippen molar-refractivity contribution in [3.8, 4) is 127 Å². The summed E-state index contributed by atoms with van der Waals surface area (Å²) in [6, 6.07) is 33.1. The van der Waals surface area contributed by atoms with Crippen LogP contribution in [0.5, 0.6) is 93.0 Å². The van der Waals surface area contributed by atoms with Crippen LogP contribution in [0.25, 0.3) is 34.2 Å². The minimum absolute atomic E-state index is 0. The van der Waals surface area contributed by atoms with Crippen LogP contribution in [0.3, 0.4) is 0 Å². The van der Waals surface area contributed by atoms with E-state index in [-0.39, 0.29) is 84.3 Å². The maximum Gasteiger partial charge on any atom is 0.217 e. The summed E-state index contributed by atoms with van der Waals surface area (Å²) in [4.78, 5) is 64.1. The zero-order valence-corrected chi connectivity index (χ0v) is 76.7. The number of aromatic nitrogens is 16. The molecule has 26 rings (SSSR count). The van der Waals surface area contributed by atoms with Gasteiger partial charge in [-0.25, -0.2) is 0 Å². The van der Waals surface area contributed by atoms with Crippen molar-refractivity contribution in [2.45, 2.75) is 27.7 Å². The number of benzene rings is 2. The van der Waals surface area contributed by atoms with Gasteiger partial charge in [0.05, 0.1) is 58.3 Å². The fraction of sp³-hybridized carbons (Fsp3) is 0.116. The molecule has 0 saturated heterocycles. The second-order valence-corrected chi connectivity index (χ2v) is 31.1. The zero-order valence-electron chi connectivity index (χ0n) is 67.6. The summed E-state index contributed by atoms with van der Waals surface area (Å²) < 4.78 is 62.6. The van der Waals surface area contributed by atoms with Gasteiger partial charge in [-0.1, -0.05) is 94.4 Å². The van der Waals surface area contributed by atoms with Gasteiger partial charge in [0.2, 0.25) is 26.9 Å². The van der Waals surface area contributed by atoms with Crippen LogP contribution in [0.1, 0.15) is 22.8 Å². The molecule has 12 aliphatic rings. The third kappa shape index (κ3) is 12.3. The summed E-state index contributed by atoms with van der Waals surface area (Å²) in [6.45, 7) is 13.4. The largest absolute Gasteiger partial charge is 0.510 e. The predicted molar refractivity (Wildman–Crippen MR) is 449 cm³/mol. The molecular formula is C86H56B4N24O8Pt4-12. The maximum absolute atomic E-state index is 6.90. The molecule has 24 heterocycles. The molecule has 0 bridgehead atoms. The van der Waals surface area contributed by atoms with Crippen LogP contribution in [0.15, 0.2) is 136 Å². The fourth-order valence-corrected chi connectivity index (χ4v) is 17.6. The Kier molecular flexibility index (Phi) is 19.1. The van der Waals surface area contributed by atoms with Crippen LogP contribution in [-0.4, -0.2) is 153 Å². The van der Waals surface area contributed by atoms with E-state index in [9.17, 15) is 0 Å². The van der Waals surface area contributed by atoms with Gasteiger partial charge in [0, 0.05) is 156 Å². The number of anilines is 4. The van der Waals surface area contributed by atoms with Gasteiger partial charge >= 0.3 is 0 Å². The van der Waals surface area contributed by atoms with Crippen molar-refractivity contribution in [1.82, 2.24) is 98.1 Å². The van der Waals surface area contributed by atoms with Crippen LogP contribution in [0.2, 0.25) is 0 Å². The number of pyridine rings is 8. The molecule has 12 aromatic heterocycles. The standard InChI is InChI=1S/C44H30B2N12O4.C42H26B2N12O4.4Pt/c1-23-11-25(3)57(51-23)29-15-33-43(49-19-29)61-39-35-37(59-41-31(45(33)35)13-27(17-47-41)55-9-7-53(5)21-55)38-36-40(39)62-44-34(16-30(20-50-44)58-26(4)12-24(2)52-58)46(36)32-14-28(18-48-42(32)60-38)56-10-8-54(6)22-56;1-51-9-11-55(21-51)25-15-29-41(49-19-25)59-35-31-33(57-39-27(43(29)31)13-23(17-47-39)37-45-5-7-53(37)3)34-32-36(35)60-42-30(16-26(20-50-42)56-12-10-52(2)22-56)44(32)28-14-24(18-48-40(28)58-34)38-46-6-8-54(38)4;;;;/h7-12,17-22H,1-6H3;5-12,17-22H,1-4H3;;;;/q2*-6;;;;. The number of nitrogens with zero attached hydrogens (tertiary/aromatic N) is 24. The van der Waals surface area contributed by atoms with E-state index in [0.717, 1.165) is 22.8 Å². The Morgan fingerprint density at radius 2 is 0.516 bits per heavy atom. The topological polar surface area (TPSA) is 274 Å². The molecule has 0 unspecified atom stereocenters. The van der Waals surface area contributed by atoms with Gasteiger partial charge in [-0.05, 0) is 129 Å². The molecule has 0 radical (unpaired) electrons. The molecule has 14 aromatic rings. The summed E-state index contributed by atoms with van der Waals surface area (Å²) in [5.74, 6) is 7.40. The van der Waals surface area contributed by atoms with Crippen molar-refractivity contribution in [2.24, 2.45) is 14.1 Å². The van der Waals surface area contributed by atoms with Crippen molar-refractivity contribution in [2.75, 3.05) is 47.8 Å². The predicted octanol–water partition coefficient (Wildman–Crippen LogP) is 3.61. The third-order valence-electron chi connectivity index (χ3n) is 23.0. The Labute approximate surface area is 779 Å². The van der Waals surface area contributed by atoms with E-state index in [1.807, 2.05) is 228 Å². The van der Waals surface area contributed by atoms with Gasteiger partial charge < -0.3 is 126 Å². The Morgan fingerprint density at radius 1 is 0.286 bits per heavy atom. The molecule has 0 amide bonds. The second kappa shape index (κ2) is 30.0. The van der Waals surface area contributed by atoms with Crippen LogP contribution >= 0.6 is 0 Å². The first-order valence-electron chi connectivity index (χ1n) is 38.9. The Morgan fingerprint density at radius 3 is 0.730 bits per heavy atom. The van der Waals surface area contributed by atoms with E-state index in [1.165, 1.54) is 0 Å². The molecule has 126 heavy (non-hydrogen) atoms. The zero-order chi connectivity index (χ0) is 81.7. The SMILES string of the molecule is CN1C=CN(c2[c-]c3c(nc2)Oc2c4c5c(c6c2B3c2[c-]c(-c3nccn3C)cnc2O6)Oc2ncc(-c3nccn3C)[c-]c2B5c2[c-]c(N3C=CN(C)[CH-]3)cnc2O4)[CH-]1.Cc1cc(C)n(-c2[c-]c3c(nc2)Oc2c4c5c(c6c2B3c2[c-]c(N3C=CN(C)[CH-]3)cnc2O6)Oc2ncc(N3C=CN(C)[CH-]3)[c-]c2B5c2[c-]c(-n3nc(C)cc3C)cnc2O4)n1.[Pt].[Pt].[Pt].[Pt]. The summed E-state index contributed by atoms with van der Waals surface area (Å²) in [7, 11) is 11.7. The van der Waals surface area contributed by atoms with E-state index in [1.54, 1.807) is 62.0 Å². The van der Waals surface area contributed by atoms with Crippen LogP contribution in [0, 0.1) is 103 Å². The molecule has 0 fully saturated rings. The summed E-state index contributed by atoms with van der Waals surface area (Å²) >= 11 is 0. The molecule has 0 spiro atoms. The molecule has 0 atom stereocenters. The minimum atomic E-state index is -0.590. The monoisotopic (exact) mass is 2380 g/mol. The average molecular weight is 2380 g/mol. The number of imidazole rings is 2. The first kappa shape index (κ1) is 80.4. The van der Waals surface area contributed by atoms with E-state index in [2.05, 4.69) is 58.5 Å². The first-order chi connectivity index (χ1) is 59.5. The van der Waals surface area contributed by atoms with Crippen molar-refractivity contribution in [3.05, 3.63) is 234 Å². The third-order valence-corrected chi connectivity index (χ3v) is 23.0. The van der Waals surface area contributed by atoms with Gasteiger partial charge in [0.25, 0.3) is 0 Å². The second-order valence-electron chi connectivity index (χ2n) is 31.1. The number of fused-ring (bicyclic) bond motifs is 20. The minimum Gasteiger partial charge on any atom is -0.510 e. The van der Waals surface area contributed by atoms with Crippen LogP contribution in [-0.2, 0) is 98.4 Å². The van der Waals surface area contributed by atoms with Crippen molar-refractivity contribution in [1.29, 1.82) is 0 Å². The van der Waals surface area contributed by atoms with Gasteiger partial charge in [-0.2, -0.15) is 73.3 Å². The smallest absolute Gasteiger partial charge is 0.217 e. The van der Waals surface area contributed by atoms with Crippen molar-refractivity contribution < 1.29 is 122 Å². The fourth-order valence-electron chi connectivity index (χ4n) is 17.6. The molecule has 12 aliphatic heterocycles. The van der Waals surface area contributed by atoms with Crippen molar-refractivity contribution >= 4 is 115 Å². The summed E-state index contributed by atoms with van der Waals surface area (Å²) in [6.07, 6.45) is 36.6. The van der Waals surface area contributed by atoms with Gasteiger partial charge in [-0.3, -0.25) is 19.3 Å². The molecule has 40 heteroatoms. The molecule has 0 N–H and O–H groups in total. The molecular weight excluding hydrogens is 2320 g/mol. The maximum atomic E-state index is 6.90. The molecule has 632 valence electrons. The quantitative estimate of drug-likeness (QED) is 0.155. The van der Waals surface area contributed by atoms with Gasteiger partial charge in [-0.15, -0.1) is 44.9 Å². The average Bonchev–Trinajstić information content (AvgIpc) is 0.737. The molecule has 0 aliphatic carbocycles. The molecule has 32 nitrogen and oxygen atoms in total. The number of ether oxygens (including phenoxy) is 8. The Balaban J connectivity index is 0.000000149. The van der Waals surface area contributed by atoms with Crippen molar-refractivity contribution in [3.63, 3.8) is 0 Å². The normalized spacial score (nSPS) is 15.2. The van der Waals surface area contributed by atoms with E-state index >= 15 is 0 Å². The number of hydrogen-bond acceptors (Lipinski definition) is 28. The Bertz CT molecular complexity index is 6700. The Hall–Kier alpha value is -12.7. The number of hydrogen-bond donors (Lipinski definition) is 0.